The van der Waals surface area contributed by atoms with Gasteiger partial charge >= 0.3 is 6.18 Å². The van der Waals surface area contributed by atoms with Crippen molar-refractivity contribution < 1.29 is 31.9 Å². The minimum absolute atomic E-state index is 0.0253. The predicted molar refractivity (Wildman–Crippen MR) is 145 cm³/mol. The Balaban J connectivity index is 1.45. The molecule has 220 valence electrons. The Kier molecular flexibility index (Phi) is 10.3. The van der Waals surface area contributed by atoms with Crippen molar-refractivity contribution in [1.82, 2.24) is 9.80 Å². The number of aliphatic hydroxyl groups excluding tert-OH is 1. The van der Waals surface area contributed by atoms with E-state index in [4.69, 9.17) is 11.6 Å². The van der Waals surface area contributed by atoms with Crippen LogP contribution in [0.25, 0.3) is 0 Å². The van der Waals surface area contributed by atoms with Gasteiger partial charge in [-0.2, -0.15) is 13.2 Å². The molecule has 2 saturated heterocycles. The van der Waals surface area contributed by atoms with E-state index in [1.54, 1.807) is 23.1 Å². The minimum atomic E-state index is -4.22. The normalized spacial score (nSPS) is 19.2. The van der Waals surface area contributed by atoms with E-state index in [-0.39, 0.29) is 31.3 Å². The molecule has 0 radical (unpaired) electrons. The maximum absolute atomic E-state index is 15.1. The molecule has 1 amide bonds. The maximum Gasteiger partial charge on any atom is 0.390 e. The second-order valence-corrected chi connectivity index (χ2v) is 10.8. The summed E-state index contributed by atoms with van der Waals surface area (Å²) >= 11 is 6.19. The minimum Gasteiger partial charge on any atom is -0.396 e. The summed E-state index contributed by atoms with van der Waals surface area (Å²) in [6.07, 6.45) is -1.68. The molecule has 6 nitrogen and oxygen atoms in total. The molecule has 2 aromatic carbocycles. The highest BCUT2D eigenvalue weighted by Crippen LogP contribution is 2.32. The molecule has 4 rings (SSSR count). The van der Waals surface area contributed by atoms with Crippen LogP contribution in [0, 0.1) is 11.6 Å². The lowest BCUT2D eigenvalue weighted by Gasteiger charge is -2.37. The monoisotopic (exact) mass is 588 g/mol. The molecule has 2 aromatic rings. The van der Waals surface area contributed by atoms with Crippen LogP contribution in [0.1, 0.15) is 48.0 Å². The average Bonchev–Trinajstić information content (AvgIpc) is 2.92. The van der Waals surface area contributed by atoms with E-state index in [0.717, 1.165) is 25.8 Å². The highest BCUT2D eigenvalue weighted by molar-refractivity contribution is 6.31. The summed E-state index contributed by atoms with van der Waals surface area (Å²) in [5, 5.41) is 12.4. The summed E-state index contributed by atoms with van der Waals surface area (Å²) in [6, 6.07) is 7.53. The first-order valence-corrected chi connectivity index (χ1v) is 13.9. The Morgan fingerprint density at radius 1 is 1.02 bits per heavy atom. The van der Waals surface area contributed by atoms with E-state index in [0.29, 0.717) is 49.0 Å². The van der Waals surface area contributed by atoms with E-state index >= 15 is 8.78 Å². The van der Waals surface area contributed by atoms with E-state index in [2.05, 4.69) is 5.32 Å². The fourth-order valence-electron chi connectivity index (χ4n) is 5.41. The molecular weight excluding hydrogens is 555 g/mol. The topological polar surface area (TPSA) is 59.1 Å². The number of hydrogen-bond donors (Lipinski definition) is 2. The van der Waals surface area contributed by atoms with Crippen LogP contribution < -0.4 is 10.2 Å². The number of halogens is 6. The largest absolute Gasteiger partial charge is 0.396 e. The fourth-order valence-corrected chi connectivity index (χ4v) is 5.58. The van der Waals surface area contributed by atoms with E-state index in [1.165, 1.54) is 12.1 Å². The smallest absolute Gasteiger partial charge is 0.390 e. The van der Waals surface area contributed by atoms with Gasteiger partial charge in [0.05, 0.1) is 23.4 Å². The quantitative estimate of drug-likeness (QED) is 0.369. The maximum atomic E-state index is 15.1. The van der Waals surface area contributed by atoms with Crippen LogP contribution in [0.5, 0.6) is 0 Å². The molecule has 2 N–H and O–H groups in total. The summed E-state index contributed by atoms with van der Waals surface area (Å²) in [6.45, 7) is 2.46. The number of rotatable bonds is 9. The summed E-state index contributed by atoms with van der Waals surface area (Å²) in [7, 11) is 0. The predicted octanol–water partition coefficient (Wildman–Crippen LogP) is 5.68. The number of carbonyl (C=O) groups excluding carboxylic acids is 1. The van der Waals surface area contributed by atoms with Crippen molar-refractivity contribution in [2.45, 2.75) is 50.9 Å². The molecule has 0 aliphatic carbocycles. The zero-order valence-corrected chi connectivity index (χ0v) is 22.9. The lowest BCUT2D eigenvalue weighted by atomic mass is 9.98. The molecule has 2 heterocycles. The van der Waals surface area contributed by atoms with E-state index in [9.17, 15) is 23.1 Å². The number of nitrogens with zero attached hydrogens (tertiary/aromatic N) is 3. The van der Waals surface area contributed by atoms with Crippen molar-refractivity contribution in [3.05, 3.63) is 58.1 Å². The lowest BCUT2D eigenvalue weighted by Crippen LogP contribution is -2.47. The van der Waals surface area contributed by atoms with Gasteiger partial charge in [0.1, 0.15) is 0 Å². The summed E-state index contributed by atoms with van der Waals surface area (Å²) < 4.78 is 68.0. The van der Waals surface area contributed by atoms with Crippen LogP contribution >= 0.6 is 11.6 Å². The molecule has 0 aromatic heterocycles. The molecule has 0 saturated carbocycles. The number of piperidine rings is 1. The molecule has 1 unspecified atom stereocenters. The third-order valence-corrected chi connectivity index (χ3v) is 7.86. The number of alkyl halides is 3. The number of amides is 1. The third-order valence-electron chi connectivity index (χ3n) is 7.62. The van der Waals surface area contributed by atoms with Gasteiger partial charge in [-0.1, -0.05) is 24.1 Å². The molecular formula is C28H34ClF5N4O2. The van der Waals surface area contributed by atoms with Gasteiger partial charge in [-0.15, -0.1) is 0 Å². The Morgan fingerprint density at radius 2 is 1.77 bits per heavy atom. The van der Waals surface area contributed by atoms with Crippen LogP contribution in [0.2, 0.25) is 5.02 Å². The molecule has 0 spiro atoms. The summed E-state index contributed by atoms with van der Waals surface area (Å²) in [5.41, 5.74) is 0.593. The van der Waals surface area contributed by atoms with Gasteiger partial charge in [0.25, 0.3) is 5.91 Å². The Morgan fingerprint density at radius 3 is 2.48 bits per heavy atom. The number of piperazine rings is 1. The average molecular weight is 589 g/mol. The number of hydrogen-bond acceptors (Lipinski definition) is 5. The molecule has 2 aliphatic rings. The van der Waals surface area contributed by atoms with Gasteiger partial charge in [0, 0.05) is 62.5 Å². The number of benzene rings is 2. The molecule has 2 aliphatic heterocycles. The van der Waals surface area contributed by atoms with Crippen LogP contribution in [-0.2, 0) is 6.54 Å². The van der Waals surface area contributed by atoms with Crippen molar-refractivity contribution in [3.8, 4) is 0 Å². The zero-order valence-electron chi connectivity index (χ0n) is 22.1. The first kappa shape index (κ1) is 30.5. The van der Waals surface area contributed by atoms with Crippen LogP contribution in [0.15, 0.2) is 30.3 Å². The van der Waals surface area contributed by atoms with Crippen molar-refractivity contribution in [1.29, 1.82) is 0 Å². The van der Waals surface area contributed by atoms with E-state index < -0.39 is 35.7 Å². The second-order valence-electron chi connectivity index (χ2n) is 10.3. The zero-order chi connectivity index (χ0) is 28.9. The van der Waals surface area contributed by atoms with Gasteiger partial charge in [0.2, 0.25) is 0 Å². The first-order valence-electron chi connectivity index (χ1n) is 13.5. The number of anilines is 2. The Bertz CT molecular complexity index is 1170. The first-order chi connectivity index (χ1) is 19.1. The van der Waals surface area contributed by atoms with Crippen molar-refractivity contribution in [3.63, 3.8) is 0 Å². The number of nitrogens with one attached hydrogen (secondary N) is 1. The Labute approximate surface area is 235 Å². The number of carbonyl (C=O) groups is 1. The van der Waals surface area contributed by atoms with Crippen LogP contribution in [0.3, 0.4) is 0 Å². The van der Waals surface area contributed by atoms with Crippen molar-refractivity contribution >= 4 is 28.9 Å². The highest BCUT2D eigenvalue weighted by atomic mass is 35.5. The molecule has 12 heteroatoms. The number of likely N-dealkylation sites (tertiary alicyclic amines) is 1. The summed E-state index contributed by atoms with van der Waals surface area (Å²) in [5.74, 6) is -3.14. The Hall–Kier alpha value is -2.47. The molecule has 2 fully saturated rings. The van der Waals surface area contributed by atoms with Gasteiger partial charge in [0.15, 0.2) is 11.6 Å². The molecule has 1 atom stereocenters. The fraction of sp³-hybridized carbons (Fsp3) is 0.536. The van der Waals surface area contributed by atoms with Crippen LogP contribution in [0.4, 0.5) is 33.3 Å². The van der Waals surface area contributed by atoms with Crippen molar-refractivity contribution in [2.24, 2.45) is 0 Å². The van der Waals surface area contributed by atoms with Crippen molar-refractivity contribution in [2.75, 3.05) is 56.1 Å². The van der Waals surface area contributed by atoms with Crippen LogP contribution in [-0.4, -0.2) is 78.9 Å². The van der Waals surface area contributed by atoms with Gasteiger partial charge in [-0.3, -0.25) is 14.6 Å². The second kappa shape index (κ2) is 13.5. The SMILES string of the molecule is O=C(Nc1ccc(Cl)cc1N1CCN(CCC(F)(F)F)CC1)c1ccc(CN2CCCCC2CCO)c(F)c1F. The lowest BCUT2D eigenvalue weighted by molar-refractivity contribution is -0.138. The molecule has 0 bridgehead atoms. The third kappa shape index (κ3) is 7.84. The molecule has 40 heavy (non-hydrogen) atoms. The van der Waals surface area contributed by atoms with Gasteiger partial charge < -0.3 is 15.3 Å². The highest BCUT2D eigenvalue weighted by Gasteiger charge is 2.30. The van der Waals surface area contributed by atoms with E-state index in [1.807, 2.05) is 9.80 Å². The number of aliphatic hydroxyl groups is 1. The summed E-state index contributed by atoms with van der Waals surface area (Å²) in [4.78, 5) is 18.7. The van der Waals surface area contributed by atoms with Gasteiger partial charge in [-0.05, 0) is 50.1 Å². The van der Waals surface area contributed by atoms with Gasteiger partial charge in [-0.25, -0.2) is 8.78 Å². The standard InChI is InChI=1S/C28H34ClF5N4O2/c29-20-5-7-23(24(17-20)37-14-12-36(13-15-37)11-9-28(32,33)34)35-27(40)22-6-4-19(25(30)26(22)31)18-38-10-2-1-3-21(38)8-16-39/h4-7,17,21,39H,1-3,8-16,18H2,(H,35,40).